The van der Waals surface area contributed by atoms with Crippen molar-refractivity contribution in [2.24, 2.45) is 41.6 Å². The Hall–Kier alpha value is -3.64. The number of imidazole rings is 2. The summed E-state index contributed by atoms with van der Waals surface area (Å²) in [6, 6.07) is 16.0. The van der Waals surface area contributed by atoms with Gasteiger partial charge >= 0.3 is 11.9 Å². The first kappa shape index (κ1) is 26.4. The maximum atomic E-state index is 4.33. The minimum Gasteiger partial charge on any atom is -0.384 e. The number of benzene rings is 2. The van der Waals surface area contributed by atoms with E-state index in [1.807, 2.05) is 130 Å². The van der Waals surface area contributed by atoms with Crippen LogP contribution in [0.1, 0.15) is 0 Å². The monoisotopic (exact) mass is 536 g/mol. The van der Waals surface area contributed by atoms with E-state index in [-0.39, 0.29) is 0 Å². The van der Waals surface area contributed by atoms with Crippen LogP contribution in [-0.2, 0) is 21.1 Å². The molecule has 0 aliphatic carbocycles. The summed E-state index contributed by atoms with van der Waals surface area (Å²) in [4.78, 5) is 3.03. The summed E-state index contributed by atoms with van der Waals surface area (Å²) < 4.78 is 5.75. The van der Waals surface area contributed by atoms with Gasteiger partial charge in [-0.3, -0.25) is 0 Å². The Kier molecular flexibility index (Phi) is 9.72. The third-order valence-corrected chi connectivity index (χ3v) is 7.76. The lowest BCUT2D eigenvalue weighted by Crippen LogP contribution is -2.25. The topological polar surface area (TPSA) is 102 Å². The maximum absolute atomic E-state index is 4.33. The van der Waals surface area contributed by atoms with Crippen LogP contribution in [0.2, 0.25) is 0 Å². The molecule has 2 aromatic heterocycles. The highest BCUT2D eigenvalue weighted by atomic mass is 33.1. The van der Waals surface area contributed by atoms with E-state index in [4.69, 9.17) is 0 Å². The number of rotatable bonds is 13. The molecular formula is C25H32N10S2+2. The second kappa shape index (κ2) is 13.6. The minimum absolute atomic E-state index is 0.709. The van der Waals surface area contributed by atoms with E-state index >= 15 is 0 Å². The second-order valence-corrected chi connectivity index (χ2v) is 10.9. The summed E-state index contributed by atoms with van der Waals surface area (Å²) in [5, 5.41) is 24.0. The summed E-state index contributed by atoms with van der Waals surface area (Å²) >= 11 is 0. The van der Waals surface area contributed by atoms with Crippen molar-refractivity contribution in [3.63, 3.8) is 0 Å². The Balaban J connectivity index is 1.07. The van der Waals surface area contributed by atoms with Gasteiger partial charge in [-0.25, -0.2) is 18.7 Å². The molecule has 4 aromatic rings. The van der Waals surface area contributed by atoms with Crippen molar-refractivity contribution in [3.05, 3.63) is 73.3 Å². The number of nitrogens with one attached hydrogen (secondary N) is 3. The standard InChI is InChI=1S/C25H30N10S2/c1-33-15-12-28-24(33)31-29-22-8-4-20(5-9-22)26-13-18-36-37-19-14-27-21-6-10-23(11-7-21)30-32-25-34(2)16-17-35(25)3/h4-12,15-17H,13-14,18-19H2,1-3H3,(H,26,28,31)/p+2. The predicted octanol–water partition coefficient (Wildman–Crippen LogP) is 5.74. The summed E-state index contributed by atoms with van der Waals surface area (Å²) in [5.74, 6) is 3.55. The highest BCUT2D eigenvalue weighted by molar-refractivity contribution is 8.76. The molecule has 0 atom stereocenters. The number of anilines is 2. The molecule has 0 unspecified atom stereocenters. The van der Waals surface area contributed by atoms with Gasteiger partial charge in [-0.05, 0) is 48.5 Å². The normalized spacial score (nSPS) is 11.5. The Morgan fingerprint density at radius 2 is 1.32 bits per heavy atom. The van der Waals surface area contributed by atoms with Gasteiger partial charge in [0.25, 0.3) is 0 Å². The van der Waals surface area contributed by atoms with E-state index in [1.165, 1.54) is 0 Å². The van der Waals surface area contributed by atoms with E-state index < -0.39 is 0 Å². The molecule has 4 rings (SSSR count). The van der Waals surface area contributed by atoms with E-state index in [9.17, 15) is 0 Å². The second-order valence-electron chi connectivity index (χ2n) is 8.21. The molecule has 0 spiro atoms. The zero-order chi connectivity index (χ0) is 25.9. The zero-order valence-electron chi connectivity index (χ0n) is 21.2. The molecule has 2 heterocycles. The molecule has 0 amide bonds. The number of aromatic nitrogens is 4. The summed E-state index contributed by atoms with van der Waals surface area (Å²) in [5.41, 5.74) is 3.81. The van der Waals surface area contributed by atoms with E-state index in [1.54, 1.807) is 0 Å². The van der Waals surface area contributed by atoms with Gasteiger partial charge in [-0.1, -0.05) is 31.8 Å². The van der Waals surface area contributed by atoms with Gasteiger partial charge in [0, 0.05) is 46.2 Å². The molecule has 37 heavy (non-hydrogen) atoms. The highest BCUT2D eigenvalue weighted by Gasteiger charge is 2.10. The van der Waals surface area contributed by atoms with Crippen molar-refractivity contribution in [1.82, 2.24) is 9.55 Å². The summed E-state index contributed by atoms with van der Waals surface area (Å²) in [6.07, 6.45) is 7.63. The van der Waals surface area contributed by atoms with E-state index in [0.29, 0.717) is 5.95 Å². The Bertz CT molecular complexity index is 1290. The van der Waals surface area contributed by atoms with E-state index in [0.717, 1.165) is 53.3 Å². The summed E-state index contributed by atoms with van der Waals surface area (Å²) in [7, 11) is 9.57. The number of hydrogen-bond donors (Lipinski definition) is 3. The van der Waals surface area contributed by atoms with Crippen LogP contribution < -0.4 is 19.8 Å². The average molecular weight is 537 g/mol. The molecule has 3 N–H and O–H groups in total. The molecule has 0 bridgehead atoms. The number of H-pyrrole nitrogens is 1. The van der Waals surface area contributed by atoms with Gasteiger partial charge in [-0.2, -0.15) is 0 Å². The molecule has 0 saturated carbocycles. The molecule has 10 nitrogen and oxygen atoms in total. The largest absolute Gasteiger partial charge is 0.421 e. The minimum atomic E-state index is 0.709. The quantitative estimate of drug-likeness (QED) is 0.0878. The first-order valence-corrected chi connectivity index (χ1v) is 14.4. The van der Waals surface area contributed by atoms with Crippen molar-refractivity contribution in [1.29, 1.82) is 0 Å². The van der Waals surface area contributed by atoms with Crippen molar-refractivity contribution in [2.45, 2.75) is 0 Å². The lowest BCUT2D eigenvalue weighted by Gasteiger charge is -2.07. The Morgan fingerprint density at radius 1 is 0.757 bits per heavy atom. The van der Waals surface area contributed by atoms with Gasteiger partial charge in [0.2, 0.25) is 0 Å². The number of aryl methyl sites for hydroxylation is 3. The van der Waals surface area contributed by atoms with Crippen LogP contribution in [-0.4, -0.2) is 34.1 Å². The smallest absolute Gasteiger partial charge is 0.384 e. The highest BCUT2D eigenvalue weighted by Crippen LogP contribution is 2.23. The fourth-order valence-corrected chi connectivity index (χ4v) is 5.12. The van der Waals surface area contributed by atoms with Crippen molar-refractivity contribution >= 4 is 56.2 Å². The zero-order valence-corrected chi connectivity index (χ0v) is 22.8. The maximum Gasteiger partial charge on any atom is 0.421 e. The Labute approximate surface area is 224 Å². The molecule has 12 heteroatoms. The van der Waals surface area contributed by atoms with Gasteiger partial charge in [0.05, 0.1) is 45.9 Å². The first-order valence-electron chi connectivity index (χ1n) is 11.9. The van der Waals surface area contributed by atoms with Crippen LogP contribution in [0.25, 0.3) is 0 Å². The fourth-order valence-electron chi connectivity index (χ4n) is 3.31. The number of nitrogens with zero attached hydrogens (tertiary/aromatic N) is 7. The van der Waals surface area contributed by atoms with Gasteiger partial charge < -0.3 is 10.6 Å². The lowest BCUT2D eigenvalue weighted by atomic mass is 10.3. The van der Waals surface area contributed by atoms with Crippen molar-refractivity contribution in [2.75, 3.05) is 35.2 Å². The average Bonchev–Trinajstić information content (AvgIpc) is 3.48. The van der Waals surface area contributed by atoms with Gasteiger partial charge in [-0.15, -0.1) is 0 Å². The number of hydrogen-bond acceptors (Lipinski definition) is 8. The van der Waals surface area contributed by atoms with Crippen LogP contribution in [0, 0.1) is 0 Å². The molecule has 0 fully saturated rings. The predicted molar refractivity (Wildman–Crippen MR) is 152 cm³/mol. The van der Waals surface area contributed by atoms with Crippen LogP contribution >= 0.6 is 21.6 Å². The van der Waals surface area contributed by atoms with Gasteiger partial charge in [0.15, 0.2) is 0 Å². The summed E-state index contributed by atoms with van der Waals surface area (Å²) in [6.45, 7) is 1.81. The molecule has 0 aliphatic rings. The SMILES string of the molecule is Cn1cc[n+](C)c1N=Nc1ccc(NCCSSCCNc2ccc(N=Nc3[nH]cc[n+]3C)cc2)cc1. The molecule has 2 aromatic carbocycles. The van der Waals surface area contributed by atoms with Crippen LogP contribution in [0.4, 0.5) is 34.6 Å². The third-order valence-electron chi connectivity index (χ3n) is 5.35. The van der Waals surface area contributed by atoms with E-state index in [2.05, 4.69) is 36.1 Å². The molecule has 0 saturated heterocycles. The van der Waals surface area contributed by atoms with Gasteiger partial charge in [0.1, 0.15) is 11.4 Å². The molecular weight excluding hydrogens is 504 g/mol. The molecule has 0 radical (unpaired) electrons. The lowest BCUT2D eigenvalue weighted by molar-refractivity contribution is -0.657. The number of azo groups is 2. The molecule has 192 valence electrons. The molecule has 0 aliphatic heterocycles. The van der Waals surface area contributed by atoms with Crippen LogP contribution in [0.5, 0.6) is 0 Å². The third kappa shape index (κ3) is 8.19. The first-order chi connectivity index (χ1) is 18.1. The van der Waals surface area contributed by atoms with Crippen LogP contribution in [0.15, 0.2) is 93.8 Å². The van der Waals surface area contributed by atoms with Crippen molar-refractivity contribution in [3.8, 4) is 0 Å². The van der Waals surface area contributed by atoms with Crippen molar-refractivity contribution < 1.29 is 9.13 Å². The van der Waals surface area contributed by atoms with Crippen LogP contribution in [0.3, 0.4) is 0 Å². The number of aromatic amines is 1. The Morgan fingerprint density at radius 3 is 1.81 bits per heavy atom. The fraction of sp³-hybridized carbons (Fsp3) is 0.280.